The maximum absolute atomic E-state index is 12.8. The summed E-state index contributed by atoms with van der Waals surface area (Å²) >= 11 is 1.74. The van der Waals surface area contributed by atoms with Gasteiger partial charge in [0, 0.05) is 44.6 Å². The van der Waals surface area contributed by atoms with Crippen LogP contribution >= 0.6 is 11.3 Å². The van der Waals surface area contributed by atoms with Gasteiger partial charge in [-0.1, -0.05) is 17.3 Å². The van der Waals surface area contributed by atoms with E-state index in [1.54, 1.807) is 37.7 Å². The van der Waals surface area contributed by atoms with Crippen LogP contribution in [0.5, 0.6) is 11.5 Å². The van der Waals surface area contributed by atoms with Crippen molar-refractivity contribution in [1.82, 2.24) is 24.9 Å². The SMILES string of the molecule is COc1ccc(-c2noc(CCC(=O)N3CCN(Cc4nc5ccccc5s4)CC3)n2)cc1OC. The lowest BCUT2D eigenvalue weighted by Gasteiger charge is -2.34. The number of hydrogen-bond acceptors (Lipinski definition) is 9. The van der Waals surface area contributed by atoms with Crippen LogP contribution in [0.2, 0.25) is 0 Å². The number of methoxy groups -OCH3 is 2. The van der Waals surface area contributed by atoms with Gasteiger partial charge in [0.1, 0.15) is 5.01 Å². The second-order valence-electron chi connectivity index (χ2n) is 8.31. The van der Waals surface area contributed by atoms with Gasteiger partial charge in [-0.15, -0.1) is 11.3 Å². The molecule has 1 saturated heterocycles. The summed E-state index contributed by atoms with van der Waals surface area (Å²) in [6.45, 7) is 3.93. The highest BCUT2D eigenvalue weighted by Gasteiger charge is 2.22. The number of piperazine rings is 1. The van der Waals surface area contributed by atoms with Crippen LogP contribution in [0.3, 0.4) is 0 Å². The lowest BCUT2D eigenvalue weighted by molar-refractivity contribution is -0.133. The molecule has 0 radical (unpaired) electrons. The summed E-state index contributed by atoms with van der Waals surface area (Å²) in [5.74, 6) is 2.23. The van der Waals surface area contributed by atoms with Gasteiger partial charge in [-0.2, -0.15) is 4.98 Å². The van der Waals surface area contributed by atoms with Gasteiger partial charge in [0.25, 0.3) is 0 Å². The number of amides is 1. The Morgan fingerprint density at radius 2 is 1.83 bits per heavy atom. The molecular formula is C25H27N5O4S. The molecule has 2 aromatic carbocycles. The van der Waals surface area contributed by atoms with Crippen molar-refractivity contribution in [3.8, 4) is 22.9 Å². The summed E-state index contributed by atoms with van der Waals surface area (Å²) in [5, 5.41) is 5.17. The molecule has 0 N–H and O–H groups in total. The van der Waals surface area contributed by atoms with Gasteiger partial charge in [-0.3, -0.25) is 9.69 Å². The van der Waals surface area contributed by atoms with E-state index in [1.807, 2.05) is 29.2 Å². The molecule has 3 heterocycles. The third kappa shape index (κ3) is 5.28. The van der Waals surface area contributed by atoms with Gasteiger partial charge in [0.2, 0.25) is 17.6 Å². The third-order valence-corrected chi connectivity index (χ3v) is 7.11. The Labute approximate surface area is 207 Å². The van der Waals surface area contributed by atoms with Crippen LogP contribution in [-0.2, 0) is 17.8 Å². The average molecular weight is 494 g/mol. The molecule has 2 aromatic heterocycles. The topological polar surface area (TPSA) is 93.8 Å². The zero-order chi connectivity index (χ0) is 24.2. The maximum Gasteiger partial charge on any atom is 0.227 e. The Morgan fingerprint density at radius 3 is 2.60 bits per heavy atom. The lowest BCUT2D eigenvalue weighted by atomic mass is 10.2. The molecule has 10 heteroatoms. The normalized spacial score (nSPS) is 14.4. The van der Waals surface area contributed by atoms with Crippen molar-refractivity contribution in [3.05, 3.63) is 53.4 Å². The second-order valence-corrected chi connectivity index (χ2v) is 9.43. The molecule has 1 amide bonds. The maximum atomic E-state index is 12.8. The van der Waals surface area contributed by atoms with Crippen LogP contribution in [0.4, 0.5) is 0 Å². The number of nitrogens with zero attached hydrogens (tertiary/aromatic N) is 5. The predicted octanol–water partition coefficient (Wildman–Crippen LogP) is 3.64. The number of para-hydroxylation sites is 1. The molecule has 0 saturated carbocycles. The summed E-state index contributed by atoms with van der Waals surface area (Å²) in [4.78, 5) is 26.2. The minimum Gasteiger partial charge on any atom is -0.493 e. The van der Waals surface area contributed by atoms with Crippen molar-refractivity contribution in [1.29, 1.82) is 0 Å². The van der Waals surface area contributed by atoms with Crippen LogP contribution in [0.25, 0.3) is 21.6 Å². The monoisotopic (exact) mass is 493 g/mol. The second kappa shape index (κ2) is 10.4. The number of carbonyl (C=O) groups excluding carboxylic acids is 1. The first-order chi connectivity index (χ1) is 17.1. The zero-order valence-corrected chi connectivity index (χ0v) is 20.6. The fourth-order valence-corrected chi connectivity index (χ4v) is 5.17. The molecule has 1 fully saturated rings. The van der Waals surface area contributed by atoms with E-state index in [2.05, 4.69) is 21.1 Å². The number of thiazole rings is 1. The van der Waals surface area contributed by atoms with E-state index in [0.717, 1.165) is 35.7 Å². The molecule has 0 atom stereocenters. The number of carbonyl (C=O) groups is 1. The average Bonchev–Trinajstić information content (AvgIpc) is 3.54. The molecule has 1 aliphatic rings. The Kier molecular flexibility index (Phi) is 6.91. The van der Waals surface area contributed by atoms with E-state index in [4.69, 9.17) is 19.0 Å². The number of fused-ring (bicyclic) bond motifs is 1. The number of hydrogen-bond donors (Lipinski definition) is 0. The van der Waals surface area contributed by atoms with Crippen LogP contribution in [0.1, 0.15) is 17.3 Å². The summed E-state index contributed by atoms with van der Waals surface area (Å²) in [5.41, 5.74) is 1.81. The van der Waals surface area contributed by atoms with Gasteiger partial charge in [0.15, 0.2) is 11.5 Å². The van der Waals surface area contributed by atoms with Gasteiger partial charge in [-0.05, 0) is 30.3 Å². The smallest absolute Gasteiger partial charge is 0.227 e. The Hall–Kier alpha value is -3.50. The predicted molar refractivity (Wildman–Crippen MR) is 133 cm³/mol. The summed E-state index contributed by atoms with van der Waals surface area (Å²) in [6, 6.07) is 13.6. The van der Waals surface area contributed by atoms with Crippen molar-refractivity contribution in [2.45, 2.75) is 19.4 Å². The molecule has 5 rings (SSSR count). The van der Waals surface area contributed by atoms with E-state index in [9.17, 15) is 4.79 Å². The number of rotatable bonds is 8. The van der Waals surface area contributed by atoms with Gasteiger partial charge in [0.05, 0.1) is 31.0 Å². The van der Waals surface area contributed by atoms with Crippen molar-refractivity contribution >= 4 is 27.5 Å². The van der Waals surface area contributed by atoms with Crippen LogP contribution in [0.15, 0.2) is 47.0 Å². The molecule has 0 aliphatic carbocycles. The first-order valence-electron chi connectivity index (χ1n) is 11.5. The summed E-state index contributed by atoms with van der Waals surface area (Å²) in [6.07, 6.45) is 0.747. The Balaban J connectivity index is 1.11. The summed E-state index contributed by atoms with van der Waals surface area (Å²) < 4.78 is 17.2. The lowest BCUT2D eigenvalue weighted by Crippen LogP contribution is -2.48. The molecular weight excluding hydrogens is 466 g/mol. The highest BCUT2D eigenvalue weighted by Crippen LogP contribution is 2.31. The molecule has 0 unspecified atom stereocenters. The molecule has 182 valence electrons. The minimum absolute atomic E-state index is 0.107. The summed E-state index contributed by atoms with van der Waals surface area (Å²) in [7, 11) is 3.17. The number of aryl methyl sites for hydroxylation is 1. The first kappa shape index (κ1) is 23.3. The van der Waals surface area contributed by atoms with Crippen LogP contribution in [0, 0.1) is 0 Å². The largest absolute Gasteiger partial charge is 0.493 e. The molecule has 0 spiro atoms. The fourth-order valence-electron chi connectivity index (χ4n) is 4.16. The van der Waals surface area contributed by atoms with E-state index in [-0.39, 0.29) is 5.91 Å². The minimum atomic E-state index is 0.107. The van der Waals surface area contributed by atoms with E-state index in [1.165, 1.54) is 4.70 Å². The van der Waals surface area contributed by atoms with Gasteiger partial charge >= 0.3 is 0 Å². The highest BCUT2D eigenvalue weighted by molar-refractivity contribution is 7.18. The Morgan fingerprint density at radius 1 is 1.03 bits per heavy atom. The fraction of sp³-hybridized carbons (Fsp3) is 0.360. The van der Waals surface area contributed by atoms with E-state index in [0.29, 0.717) is 49.1 Å². The zero-order valence-electron chi connectivity index (χ0n) is 19.8. The van der Waals surface area contributed by atoms with Crippen molar-refractivity contribution < 1.29 is 18.8 Å². The van der Waals surface area contributed by atoms with Crippen molar-refractivity contribution in [3.63, 3.8) is 0 Å². The standard InChI is InChI=1S/C25H27N5O4S/c1-32-19-8-7-17(15-20(19)33-2)25-27-22(34-28-25)9-10-24(31)30-13-11-29(12-14-30)16-23-26-18-5-3-4-6-21(18)35-23/h3-8,15H,9-14,16H2,1-2H3. The van der Waals surface area contributed by atoms with Gasteiger partial charge in [-0.25, -0.2) is 4.98 Å². The van der Waals surface area contributed by atoms with Crippen LogP contribution in [-0.4, -0.2) is 71.2 Å². The highest BCUT2D eigenvalue weighted by atomic mass is 32.1. The molecule has 9 nitrogen and oxygen atoms in total. The number of benzene rings is 2. The molecule has 35 heavy (non-hydrogen) atoms. The number of aromatic nitrogens is 3. The van der Waals surface area contributed by atoms with Crippen LogP contribution < -0.4 is 9.47 Å². The quantitative estimate of drug-likeness (QED) is 0.367. The van der Waals surface area contributed by atoms with Crippen molar-refractivity contribution in [2.75, 3.05) is 40.4 Å². The number of ether oxygens (including phenoxy) is 2. The molecule has 4 aromatic rings. The first-order valence-corrected chi connectivity index (χ1v) is 12.3. The molecule has 1 aliphatic heterocycles. The van der Waals surface area contributed by atoms with E-state index < -0.39 is 0 Å². The Bertz CT molecular complexity index is 1280. The third-order valence-electron chi connectivity index (χ3n) is 6.08. The van der Waals surface area contributed by atoms with Crippen molar-refractivity contribution in [2.24, 2.45) is 0 Å². The molecule has 0 bridgehead atoms. The van der Waals surface area contributed by atoms with E-state index >= 15 is 0 Å². The van der Waals surface area contributed by atoms with Gasteiger partial charge < -0.3 is 18.9 Å².